The van der Waals surface area contributed by atoms with Crippen LogP contribution in [0.3, 0.4) is 0 Å². The summed E-state index contributed by atoms with van der Waals surface area (Å²) in [5.41, 5.74) is 7.53. The lowest BCUT2D eigenvalue weighted by atomic mass is 10.2. The summed E-state index contributed by atoms with van der Waals surface area (Å²) in [6.45, 7) is 0. The van der Waals surface area contributed by atoms with E-state index in [2.05, 4.69) is 25.9 Å². The summed E-state index contributed by atoms with van der Waals surface area (Å²) >= 11 is 3.41. The molecule has 0 bridgehead atoms. The molecule has 0 amide bonds. The molecule has 0 saturated carbocycles. The molecule has 0 spiro atoms. The molecule has 0 aliphatic carbocycles. The molecule has 2 aromatic carbocycles. The zero-order valence-corrected chi connectivity index (χ0v) is 10.6. The maximum atomic E-state index is 5.73. The van der Waals surface area contributed by atoms with Crippen molar-refractivity contribution in [2.45, 2.75) is 6.17 Å². The third-order valence-corrected chi connectivity index (χ3v) is 3.22. The van der Waals surface area contributed by atoms with Gasteiger partial charge in [0.1, 0.15) is 0 Å². The molecular formula is C13H10BrN3. The maximum absolute atomic E-state index is 5.73. The van der Waals surface area contributed by atoms with E-state index in [1.54, 1.807) is 0 Å². The van der Waals surface area contributed by atoms with Crippen LogP contribution in [0.15, 0.2) is 56.9 Å². The predicted octanol–water partition coefficient (Wildman–Crippen LogP) is 1.98. The van der Waals surface area contributed by atoms with Gasteiger partial charge in [-0.2, -0.15) is 0 Å². The van der Waals surface area contributed by atoms with Crippen molar-refractivity contribution in [3.63, 3.8) is 0 Å². The highest BCUT2D eigenvalue weighted by molar-refractivity contribution is 9.10. The zero-order chi connectivity index (χ0) is 11.8. The Morgan fingerprint density at radius 3 is 2.41 bits per heavy atom. The molecule has 4 heteroatoms. The van der Waals surface area contributed by atoms with Crippen LogP contribution in [0, 0.1) is 0 Å². The Balaban J connectivity index is 2.07. The first-order chi connectivity index (χ1) is 8.22. The van der Waals surface area contributed by atoms with Gasteiger partial charge < -0.3 is 5.73 Å². The summed E-state index contributed by atoms with van der Waals surface area (Å²) in [5.74, 6) is 0. The number of rotatable bonds is 1. The molecule has 3 nitrogen and oxygen atoms in total. The zero-order valence-electron chi connectivity index (χ0n) is 8.97. The number of halogens is 1. The van der Waals surface area contributed by atoms with Gasteiger partial charge in [0.15, 0.2) is 6.17 Å². The van der Waals surface area contributed by atoms with Gasteiger partial charge in [-0.25, -0.2) is 0 Å². The molecule has 2 aromatic rings. The molecule has 0 saturated heterocycles. The average Bonchev–Trinajstić information content (AvgIpc) is 2.72. The maximum Gasteiger partial charge on any atom is 0.166 e. The van der Waals surface area contributed by atoms with Crippen LogP contribution in [-0.2, 0) is 0 Å². The molecule has 17 heavy (non-hydrogen) atoms. The molecule has 0 aromatic heterocycles. The van der Waals surface area contributed by atoms with E-state index in [-0.39, 0.29) is 6.17 Å². The average molecular weight is 288 g/mol. The lowest BCUT2D eigenvalue weighted by Gasteiger charge is -2.03. The van der Waals surface area contributed by atoms with Crippen molar-refractivity contribution in [2.24, 2.45) is 9.98 Å². The fourth-order valence-corrected chi connectivity index (χ4v) is 2.09. The summed E-state index contributed by atoms with van der Waals surface area (Å²) in [6, 6.07) is 13.7. The van der Waals surface area contributed by atoms with Crippen molar-refractivity contribution < 1.29 is 0 Å². The van der Waals surface area contributed by atoms with Gasteiger partial charge in [-0.1, -0.05) is 28.1 Å². The highest BCUT2D eigenvalue weighted by atomic mass is 79.9. The first-order valence-corrected chi connectivity index (χ1v) is 6.08. The quantitative estimate of drug-likeness (QED) is 0.801. The lowest BCUT2D eigenvalue weighted by Crippen LogP contribution is -2.21. The SMILES string of the molecule is Nc1ccc2c(c1)=NC(c1ccc(Br)cc1)N=2. The Kier molecular flexibility index (Phi) is 2.44. The van der Waals surface area contributed by atoms with Gasteiger partial charge in [0, 0.05) is 10.2 Å². The summed E-state index contributed by atoms with van der Waals surface area (Å²) in [7, 11) is 0. The van der Waals surface area contributed by atoms with Gasteiger partial charge in [0.05, 0.1) is 10.7 Å². The summed E-state index contributed by atoms with van der Waals surface area (Å²) in [5, 5.41) is 1.78. The van der Waals surface area contributed by atoms with E-state index >= 15 is 0 Å². The third-order valence-electron chi connectivity index (χ3n) is 2.69. The second-order valence-electron chi connectivity index (χ2n) is 3.93. The number of hydrogen-bond acceptors (Lipinski definition) is 3. The topological polar surface area (TPSA) is 50.7 Å². The summed E-state index contributed by atoms with van der Waals surface area (Å²) < 4.78 is 1.06. The van der Waals surface area contributed by atoms with E-state index in [1.165, 1.54) is 0 Å². The van der Waals surface area contributed by atoms with Gasteiger partial charge in [-0.15, -0.1) is 0 Å². The van der Waals surface area contributed by atoms with Crippen molar-refractivity contribution in [1.29, 1.82) is 0 Å². The number of hydrogen-bond donors (Lipinski definition) is 1. The number of nitrogen functional groups attached to an aromatic ring is 1. The second-order valence-corrected chi connectivity index (χ2v) is 4.85. The van der Waals surface area contributed by atoms with Crippen LogP contribution in [0.2, 0.25) is 0 Å². The van der Waals surface area contributed by atoms with Crippen molar-refractivity contribution in [3.05, 3.63) is 63.2 Å². The number of nitrogens with zero attached hydrogens (tertiary/aromatic N) is 2. The van der Waals surface area contributed by atoms with Crippen molar-refractivity contribution in [3.8, 4) is 0 Å². The molecular weight excluding hydrogens is 278 g/mol. The van der Waals surface area contributed by atoms with Crippen molar-refractivity contribution in [1.82, 2.24) is 0 Å². The molecule has 2 N–H and O–H groups in total. The normalized spacial score (nSPS) is 17.1. The standard InChI is InChI=1S/C13H10BrN3/c14-9-3-1-8(2-4-9)13-16-11-6-5-10(15)7-12(11)17-13/h1-7,13H,15H2. The number of fused-ring (bicyclic) bond motifs is 1. The Labute approximate surface area is 107 Å². The van der Waals surface area contributed by atoms with Crippen LogP contribution in [0.25, 0.3) is 0 Å². The number of anilines is 1. The first kappa shape index (κ1) is 10.5. The summed E-state index contributed by atoms with van der Waals surface area (Å²) in [6.07, 6.45) is -0.139. The minimum absolute atomic E-state index is 0.139. The van der Waals surface area contributed by atoms with Crippen molar-refractivity contribution in [2.75, 3.05) is 5.73 Å². The van der Waals surface area contributed by atoms with E-state index < -0.39 is 0 Å². The fourth-order valence-electron chi connectivity index (χ4n) is 1.83. The van der Waals surface area contributed by atoms with Crippen LogP contribution < -0.4 is 16.4 Å². The largest absolute Gasteiger partial charge is 0.399 e. The minimum Gasteiger partial charge on any atom is -0.399 e. The number of benzene rings is 2. The molecule has 3 rings (SSSR count). The van der Waals surface area contributed by atoms with Crippen LogP contribution in [-0.4, -0.2) is 0 Å². The van der Waals surface area contributed by atoms with Crippen LogP contribution in [0.4, 0.5) is 5.69 Å². The van der Waals surface area contributed by atoms with Crippen molar-refractivity contribution >= 4 is 21.6 Å². The predicted molar refractivity (Wildman–Crippen MR) is 70.0 cm³/mol. The van der Waals surface area contributed by atoms with Gasteiger partial charge in [-0.05, 0) is 35.9 Å². The van der Waals surface area contributed by atoms with E-state index in [9.17, 15) is 0 Å². The molecule has 1 aliphatic rings. The van der Waals surface area contributed by atoms with E-state index in [0.29, 0.717) is 0 Å². The highest BCUT2D eigenvalue weighted by Crippen LogP contribution is 2.21. The van der Waals surface area contributed by atoms with Gasteiger partial charge >= 0.3 is 0 Å². The Morgan fingerprint density at radius 1 is 0.941 bits per heavy atom. The summed E-state index contributed by atoms with van der Waals surface area (Å²) in [4.78, 5) is 9.11. The van der Waals surface area contributed by atoms with E-state index in [0.717, 1.165) is 26.4 Å². The van der Waals surface area contributed by atoms with Gasteiger partial charge in [0.25, 0.3) is 0 Å². The number of nitrogens with two attached hydrogens (primary N) is 1. The van der Waals surface area contributed by atoms with Gasteiger partial charge in [0.2, 0.25) is 0 Å². The Hall–Kier alpha value is -1.68. The molecule has 0 fully saturated rings. The first-order valence-electron chi connectivity index (χ1n) is 5.29. The smallest absolute Gasteiger partial charge is 0.166 e. The Bertz CT molecular complexity index is 677. The van der Waals surface area contributed by atoms with E-state index in [1.807, 2.05) is 42.5 Å². The molecule has 1 aliphatic heterocycles. The lowest BCUT2D eigenvalue weighted by molar-refractivity contribution is 0.771. The molecule has 1 heterocycles. The molecule has 1 unspecified atom stereocenters. The third kappa shape index (κ3) is 1.96. The van der Waals surface area contributed by atoms with Gasteiger partial charge in [-0.3, -0.25) is 9.98 Å². The molecule has 84 valence electrons. The minimum atomic E-state index is -0.139. The van der Waals surface area contributed by atoms with Crippen LogP contribution in [0.1, 0.15) is 11.7 Å². The van der Waals surface area contributed by atoms with E-state index in [4.69, 9.17) is 5.73 Å². The second kappa shape index (κ2) is 3.96. The van der Waals surface area contributed by atoms with Crippen LogP contribution >= 0.6 is 15.9 Å². The molecule has 1 atom stereocenters. The highest BCUT2D eigenvalue weighted by Gasteiger charge is 2.12. The Morgan fingerprint density at radius 2 is 1.65 bits per heavy atom. The van der Waals surface area contributed by atoms with Crippen LogP contribution in [0.5, 0.6) is 0 Å². The fraction of sp³-hybridized carbons (Fsp3) is 0.0769. The monoisotopic (exact) mass is 287 g/mol. The molecule has 0 radical (unpaired) electrons.